The molecule has 164 valence electrons. The Kier molecular flexibility index (Phi) is 7.73. The van der Waals surface area contributed by atoms with Crippen molar-refractivity contribution in [2.24, 2.45) is 4.99 Å². The van der Waals surface area contributed by atoms with Gasteiger partial charge in [0.05, 0.1) is 0 Å². The number of hydrogen-bond acceptors (Lipinski definition) is 5. The topological polar surface area (TPSA) is 75.8 Å². The molecule has 1 fully saturated rings. The monoisotopic (exact) mass is 525 g/mol. The van der Waals surface area contributed by atoms with Gasteiger partial charge in [0.25, 0.3) is 0 Å². The first-order valence-electron chi connectivity index (χ1n) is 10.8. The average Bonchev–Trinajstić information content (AvgIpc) is 3.46. The van der Waals surface area contributed by atoms with Crippen LogP contribution in [0.1, 0.15) is 69.8 Å². The van der Waals surface area contributed by atoms with E-state index in [1.807, 2.05) is 13.8 Å². The minimum Gasteiger partial charge on any atom is -0.371 e. The molecule has 0 saturated heterocycles. The Labute approximate surface area is 195 Å². The quantitative estimate of drug-likeness (QED) is 0.338. The smallest absolute Gasteiger partial charge is 0.248 e. The number of hydrogen-bond donors (Lipinski definition) is 1. The van der Waals surface area contributed by atoms with E-state index in [2.05, 4.69) is 51.5 Å². The maximum atomic E-state index is 5.54. The van der Waals surface area contributed by atoms with E-state index in [1.165, 1.54) is 36.9 Å². The predicted octanol–water partition coefficient (Wildman–Crippen LogP) is 4.58. The summed E-state index contributed by atoms with van der Waals surface area (Å²) in [6.45, 7) is 8.72. The summed E-state index contributed by atoms with van der Waals surface area (Å²) in [5.74, 6) is 1.95. The third kappa shape index (κ3) is 4.49. The molecular formula is C22H32IN5O2. The molecule has 1 N–H and O–H groups in total. The van der Waals surface area contributed by atoms with Crippen molar-refractivity contribution in [3.8, 4) is 0 Å². The van der Waals surface area contributed by atoms with Crippen LogP contribution in [0, 0.1) is 0 Å². The lowest BCUT2D eigenvalue weighted by Crippen LogP contribution is -2.43. The van der Waals surface area contributed by atoms with Gasteiger partial charge in [0.2, 0.25) is 5.89 Å². The number of fused-ring (bicyclic) bond motifs is 2. The van der Waals surface area contributed by atoms with Crippen LogP contribution in [-0.2, 0) is 16.7 Å². The van der Waals surface area contributed by atoms with Crippen LogP contribution >= 0.6 is 24.0 Å². The Hall–Kier alpha value is -1.68. The molecule has 2 aliphatic rings. The van der Waals surface area contributed by atoms with Gasteiger partial charge in [-0.1, -0.05) is 36.2 Å². The van der Waals surface area contributed by atoms with Crippen LogP contribution < -0.4 is 10.2 Å². The van der Waals surface area contributed by atoms with Gasteiger partial charge in [-0.05, 0) is 45.2 Å². The first-order valence-corrected chi connectivity index (χ1v) is 10.8. The van der Waals surface area contributed by atoms with E-state index in [4.69, 9.17) is 14.3 Å². The number of nitrogens with one attached hydrogen (secondary N) is 1. The van der Waals surface area contributed by atoms with E-state index < -0.39 is 0 Å². The normalized spacial score (nSPS) is 18.4. The Morgan fingerprint density at radius 1 is 1.30 bits per heavy atom. The summed E-state index contributed by atoms with van der Waals surface area (Å²) in [6.07, 6.45) is 4.93. The minimum atomic E-state index is -0.178. The van der Waals surface area contributed by atoms with Crippen molar-refractivity contribution >= 4 is 35.6 Å². The third-order valence-corrected chi connectivity index (χ3v) is 6.01. The summed E-state index contributed by atoms with van der Waals surface area (Å²) in [6, 6.07) is 8.78. The zero-order valence-corrected chi connectivity index (χ0v) is 20.4. The highest BCUT2D eigenvalue weighted by Crippen LogP contribution is 2.50. The van der Waals surface area contributed by atoms with Crippen LogP contribution in [0.4, 0.5) is 5.69 Å². The van der Waals surface area contributed by atoms with Crippen molar-refractivity contribution in [1.82, 2.24) is 15.5 Å². The SMILES string of the molecule is CCNC(=NCc1nc(C(C)OCC)no1)N1CC2(CCCC2)c2ccccc21.I. The molecule has 4 rings (SSSR count). The van der Waals surface area contributed by atoms with Crippen LogP contribution in [0.15, 0.2) is 33.8 Å². The summed E-state index contributed by atoms with van der Waals surface area (Å²) in [5, 5.41) is 7.49. The van der Waals surface area contributed by atoms with Gasteiger partial charge in [0.1, 0.15) is 12.6 Å². The molecule has 1 atom stereocenters. The van der Waals surface area contributed by atoms with Gasteiger partial charge in [0, 0.05) is 30.8 Å². The zero-order chi connectivity index (χ0) is 20.3. The lowest BCUT2D eigenvalue weighted by atomic mass is 9.81. The molecule has 1 spiro atoms. The van der Waals surface area contributed by atoms with E-state index in [9.17, 15) is 0 Å². The maximum absolute atomic E-state index is 5.54. The second-order valence-electron chi connectivity index (χ2n) is 7.90. The first kappa shape index (κ1) is 23.0. The molecule has 0 radical (unpaired) electrons. The summed E-state index contributed by atoms with van der Waals surface area (Å²) in [4.78, 5) is 11.6. The van der Waals surface area contributed by atoms with Crippen molar-refractivity contribution in [2.75, 3.05) is 24.6 Å². The summed E-state index contributed by atoms with van der Waals surface area (Å²) in [5.41, 5.74) is 3.00. The highest BCUT2D eigenvalue weighted by molar-refractivity contribution is 14.0. The number of guanidine groups is 1. The van der Waals surface area contributed by atoms with Crippen LogP contribution in [0.3, 0.4) is 0 Å². The molecule has 1 aromatic heterocycles. The van der Waals surface area contributed by atoms with E-state index in [1.54, 1.807) is 0 Å². The summed E-state index contributed by atoms with van der Waals surface area (Å²) >= 11 is 0. The zero-order valence-electron chi connectivity index (χ0n) is 18.1. The lowest BCUT2D eigenvalue weighted by Gasteiger charge is -2.26. The van der Waals surface area contributed by atoms with E-state index in [-0.39, 0.29) is 35.5 Å². The number of aromatic nitrogens is 2. The van der Waals surface area contributed by atoms with Crippen molar-refractivity contribution in [3.63, 3.8) is 0 Å². The fraction of sp³-hybridized carbons (Fsp3) is 0.591. The predicted molar refractivity (Wildman–Crippen MR) is 129 cm³/mol. The van der Waals surface area contributed by atoms with Gasteiger partial charge in [0.15, 0.2) is 11.8 Å². The fourth-order valence-corrected chi connectivity index (χ4v) is 4.66. The van der Waals surface area contributed by atoms with Crippen molar-refractivity contribution < 1.29 is 9.26 Å². The molecule has 1 saturated carbocycles. The van der Waals surface area contributed by atoms with Crippen molar-refractivity contribution in [3.05, 3.63) is 41.5 Å². The Morgan fingerprint density at radius 3 is 2.80 bits per heavy atom. The average molecular weight is 525 g/mol. The molecule has 8 heteroatoms. The number of para-hydroxylation sites is 1. The van der Waals surface area contributed by atoms with E-state index >= 15 is 0 Å². The standard InChI is InChI=1S/C22H31N5O2.HI/c1-4-23-21(24-14-19-25-20(26-29-19)16(3)28-5-2)27-15-22(12-8-9-13-22)17-10-6-7-11-18(17)27;/h6-7,10-11,16H,4-5,8-9,12-15H2,1-3H3,(H,23,24);1H. The second-order valence-corrected chi connectivity index (χ2v) is 7.90. The molecule has 2 aromatic rings. The van der Waals surface area contributed by atoms with Gasteiger partial charge in [-0.15, -0.1) is 24.0 Å². The van der Waals surface area contributed by atoms with Crippen LogP contribution in [0.25, 0.3) is 0 Å². The first-order chi connectivity index (χ1) is 14.2. The summed E-state index contributed by atoms with van der Waals surface area (Å²) < 4.78 is 10.9. The highest BCUT2D eigenvalue weighted by Gasteiger charge is 2.45. The molecule has 2 heterocycles. The number of nitrogens with zero attached hydrogens (tertiary/aromatic N) is 4. The Morgan fingerprint density at radius 2 is 2.07 bits per heavy atom. The molecular weight excluding hydrogens is 493 g/mol. The second kappa shape index (κ2) is 10.1. The minimum absolute atomic E-state index is 0. The number of benzene rings is 1. The number of rotatable bonds is 6. The molecule has 1 aliphatic heterocycles. The van der Waals surface area contributed by atoms with Gasteiger partial charge < -0.3 is 19.5 Å². The van der Waals surface area contributed by atoms with Gasteiger partial charge in [-0.3, -0.25) is 0 Å². The fourth-order valence-electron chi connectivity index (χ4n) is 4.66. The number of aliphatic imine (C=N–C) groups is 1. The number of anilines is 1. The lowest BCUT2D eigenvalue weighted by molar-refractivity contribution is 0.0683. The molecule has 30 heavy (non-hydrogen) atoms. The molecule has 0 bridgehead atoms. The van der Waals surface area contributed by atoms with E-state index in [0.29, 0.717) is 24.9 Å². The van der Waals surface area contributed by atoms with Gasteiger partial charge in [-0.25, -0.2) is 4.99 Å². The Bertz CT molecular complexity index is 863. The molecule has 7 nitrogen and oxygen atoms in total. The molecule has 1 aliphatic carbocycles. The molecule has 0 amide bonds. The van der Waals surface area contributed by atoms with E-state index in [0.717, 1.165) is 19.0 Å². The van der Waals surface area contributed by atoms with Crippen molar-refractivity contribution in [2.45, 2.75) is 64.5 Å². The van der Waals surface area contributed by atoms with Crippen molar-refractivity contribution in [1.29, 1.82) is 0 Å². The molecule has 1 aromatic carbocycles. The number of halogens is 1. The van der Waals surface area contributed by atoms with Crippen LogP contribution in [0.5, 0.6) is 0 Å². The van der Waals surface area contributed by atoms with Crippen LogP contribution in [0.2, 0.25) is 0 Å². The summed E-state index contributed by atoms with van der Waals surface area (Å²) in [7, 11) is 0. The third-order valence-electron chi connectivity index (χ3n) is 6.01. The molecule has 1 unspecified atom stereocenters. The Balaban J connectivity index is 0.00000256. The largest absolute Gasteiger partial charge is 0.371 e. The van der Waals surface area contributed by atoms with Gasteiger partial charge in [-0.2, -0.15) is 4.98 Å². The highest BCUT2D eigenvalue weighted by atomic mass is 127. The van der Waals surface area contributed by atoms with Gasteiger partial charge >= 0.3 is 0 Å². The van der Waals surface area contributed by atoms with Crippen LogP contribution in [-0.4, -0.2) is 35.8 Å². The number of ether oxygens (including phenoxy) is 1. The maximum Gasteiger partial charge on any atom is 0.248 e.